The van der Waals surface area contributed by atoms with Crippen molar-refractivity contribution in [2.45, 2.75) is 4.90 Å². The van der Waals surface area contributed by atoms with Gasteiger partial charge in [-0.1, -0.05) is 28.1 Å². The van der Waals surface area contributed by atoms with Gasteiger partial charge in [0.25, 0.3) is 0 Å². The van der Waals surface area contributed by atoms with Gasteiger partial charge in [-0.3, -0.25) is 0 Å². The van der Waals surface area contributed by atoms with Crippen LogP contribution in [0.5, 0.6) is 11.5 Å². The molecule has 0 saturated carbocycles. The first-order chi connectivity index (χ1) is 9.10. The van der Waals surface area contributed by atoms with Gasteiger partial charge >= 0.3 is 0 Å². The number of thiocarbonyl (C=S) groups is 1. The molecule has 0 bridgehead atoms. The van der Waals surface area contributed by atoms with Crippen LogP contribution in [0.4, 0.5) is 0 Å². The number of ether oxygens (including phenoxy) is 1. The smallest absolute Gasteiger partial charge is 0.138 e. The SMILES string of the molecule is CSc1ccc(Oc2cc(Br)ccc2C(N)=S)cc1. The molecule has 2 aromatic rings. The van der Waals surface area contributed by atoms with E-state index >= 15 is 0 Å². The maximum absolute atomic E-state index is 5.84. The lowest BCUT2D eigenvalue weighted by atomic mass is 10.2. The van der Waals surface area contributed by atoms with E-state index < -0.39 is 0 Å². The molecular weight excluding hydrogens is 342 g/mol. The van der Waals surface area contributed by atoms with Crippen molar-refractivity contribution < 1.29 is 4.74 Å². The maximum Gasteiger partial charge on any atom is 0.138 e. The fourth-order valence-electron chi connectivity index (χ4n) is 1.55. The van der Waals surface area contributed by atoms with Crippen LogP contribution in [0.15, 0.2) is 51.8 Å². The Bertz CT molecular complexity index is 599. The Kier molecular flexibility index (Phi) is 4.85. The predicted octanol–water partition coefficient (Wildman–Crippen LogP) is 4.60. The van der Waals surface area contributed by atoms with Gasteiger partial charge in [-0.15, -0.1) is 11.8 Å². The number of hydrogen-bond acceptors (Lipinski definition) is 3. The van der Waals surface area contributed by atoms with E-state index in [1.54, 1.807) is 11.8 Å². The molecule has 0 aliphatic carbocycles. The molecule has 2 rings (SSSR count). The maximum atomic E-state index is 5.84. The van der Waals surface area contributed by atoms with E-state index in [1.807, 2.05) is 48.7 Å². The minimum Gasteiger partial charge on any atom is -0.457 e. The van der Waals surface area contributed by atoms with Crippen LogP contribution in [0, 0.1) is 0 Å². The van der Waals surface area contributed by atoms with Crippen molar-refractivity contribution in [3.05, 3.63) is 52.5 Å². The molecule has 0 amide bonds. The first kappa shape index (κ1) is 14.4. The summed E-state index contributed by atoms with van der Waals surface area (Å²) in [7, 11) is 0. The summed E-state index contributed by atoms with van der Waals surface area (Å²) in [6, 6.07) is 13.5. The molecule has 2 aromatic carbocycles. The Balaban J connectivity index is 2.31. The van der Waals surface area contributed by atoms with Crippen molar-refractivity contribution in [2.24, 2.45) is 5.73 Å². The number of nitrogens with two attached hydrogens (primary N) is 1. The fraction of sp³-hybridized carbons (Fsp3) is 0.0714. The Labute approximate surface area is 130 Å². The van der Waals surface area contributed by atoms with Crippen molar-refractivity contribution >= 4 is 44.9 Å². The molecule has 0 spiro atoms. The molecule has 2 nitrogen and oxygen atoms in total. The van der Waals surface area contributed by atoms with Crippen molar-refractivity contribution in [2.75, 3.05) is 6.26 Å². The monoisotopic (exact) mass is 353 g/mol. The lowest BCUT2D eigenvalue weighted by Crippen LogP contribution is -2.10. The van der Waals surface area contributed by atoms with Crippen molar-refractivity contribution in [3.63, 3.8) is 0 Å². The van der Waals surface area contributed by atoms with Crippen molar-refractivity contribution in [1.29, 1.82) is 0 Å². The Hall–Kier alpha value is -1.04. The second-order valence-corrected chi connectivity index (χ2v) is 6.02. The summed E-state index contributed by atoms with van der Waals surface area (Å²) in [5, 5.41) is 0. The van der Waals surface area contributed by atoms with Gasteiger partial charge in [0.15, 0.2) is 0 Å². The molecule has 0 radical (unpaired) electrons. The van der Waals surface area contributed by atoms with Crippen molar-refractivity contribution in [1.82, 2.24) is 0 Å². The van der Waals surface area contributed by atoms with Crippen LogP contribution in [-0.2, 0) is 0 Å². The van der Waals surface area contributed by atoms with Crippen LogP contribution >= 0.6 is 39.9 Å². The van der Waals surface area contributed by atoms with Gasteiger partial charge in [0.1, 0.15) is 16.5 Å². The quantitative estimate of drug-likeness (QED) is 0.643. The topological polar surface area (TPSA) is 35.2 Å². The molecule has 0 aliphatic heterocycles. The number of benzene rings is 2. The van der Waals surface area contributed by atoms with E-state index in [2.05, 4.69) is 15.9 Å². The van der Waals surface area contributed by atoms with Gasteiger partial charge in [-0.25, -0.2) is 0 Å². The third kappa shape index (κ3) is 3.72. The summed E-state index contributed by atoms with van der Waals surface area (Å²) in [6.45, 7) is 0. The van der Waals surface area contributed by atoms with Gasteiger partial charge in [0.2, 0.25) is 0 Å². The Morgan fingerprint density at radius 3 is 2.47 bits per heavy atom. The van der Waals surface area contributed by atoms with E-state index in [1.165, 1.54) is 4.90 Å². The summed E-state index contributed by atoms with van der Waals surface area (Å²) in [6.07, 6.45) is 2.04. The average Bonchev–Trinajstić information content (AvgIpc) is 2.39. The first-order valence-electron chi connectivity index (χ1n) is 5.51. The highest BCUT2D eigenvalue weighted by atomic mass is 79.9. The van der Waals surface area contributed by atoms with Crippen LogP contribution in [0.25, 0.3) is 0 Å². The number of hydrogen-bond donors (Lipinski definition) is 1. The minimum absolute atomic E-state index is 0.322. The molecule has 0 aliphatic rings. The zero-order chi connectivity index (χ0) is 13.8. The van der Waals surface area contributed by atoms with Gasteiger partial charge in [0.05, 0.1) is 5.56 Å². The van der Waals surface area contributed by atoms with Crippen LogP contribution in [-0.4, -0.2) is 11.2 Å². The normalized spacial score (nSPS) is 10.2. The Morgan fingerprint density at radius 2 is 1.89 bits per heavy atom. The first-order valence-corrected chi connectivity index (χ1v) is 7.94. The van der Waals surface area contributed by atoms with Crippen LogP contribution in [0.2, 0.25) is 0 Å². The molecule has 0 heterocycles. The molecule has 19 heavy (non-hydrogen) atoms. The van der Waals surface area contributed by atoms with E-state index in [0.29, 0.717) is 10.7 Å². The molecule has 0 fully saturated rings. The highest BCUT2D eigenvalue weighted by molar-refractivity contribution is 9.10. The van der Waals surface area contributed by atoms with E-state index in [4.69, 9.17) is 22.7 Å². The van der Waals surface area contributed by atoms with E-state index in [-0.39, 0.29) is 0 Å². The molecule has 5 heteroatoms. The van der Waals surface area contributed by atoms with Crippen LogP contribution in [0.1, 0.15) is 5.56 Å². The van der Waals surface area contributed by atoms with E-state index in [0.717, 1.165) is 15.8 Å². The van der Waals surface area contributed by atoms with Gasteiger partial charge in [-0.2, -0.15) is 0 Å². The molecule has 0 unspecified atom stereocenters. The van der Waals surface area contributed by atoms with Gasteiger partial charge in [0, 0.05) is 9.37 Å². The average molecular weight is 354 g/mol. The molecule has 98 valence electrons. The summed E-state index contributed by atoms with van der Waals surface area (Å²) in [5.74, 6) is 1.41. The molecule has 0 saturated heterocycles. The third-order valence-electron chi connectivity index (χ3n) is 2.50. The molecule has 0 aromatic heterocycles. The summed E-state index contributed by atoms with van der Waals surface area (Å²) in [4.78, 5) is 1.51. The largest absolute Gasteiger partial charge is 0.457 e. The molecule has 2 N–H and O–H groups in total. The van der Waals surface area contributed by atoms with Crippen molar-refractivity contribution in [3.8, 4) is 11.5 Å². The summed E-state index contributed by atoms with van der Waals surface area (Å²) in [5.41, 5.74) is 6.43. The van der Waals surface area contributed by atoms with E-state index in [9.17, 15) is 0 Å². The summed E-state index contributed by atoms with van der Waals surface area (Å²) < 4.78 is 6.76. The lowest BCUT2D eigenvalue weighted by molar-refractivity contribution is 0.481. The van der Waals surface area contributed by atoms with Crippen LogP contribution in [0.3, 0.4) is 0 Å². The lowest BCUT2D eigenvalue weighted by Gasteiger charge is -2.11. The third-order valence-corrected chi connectivity index (χ3v) is 3.95. The highest BCUT2D eigenvalue weighted by Gasteiger charge is 2.08. The second-order valence-electron chi connectivity index (χ2n) is 3.78. The van der Waals surface area contributed by atoms with Gasteiger partial charge < -0.3 is 10.5 Å². The summed E-state index contributed by atoms with van der Waals surface area (Å²) >= 11 is 10.1. The zero-order valence-electron chi connectivity index (χ0n) is 10.2. The van der Waals surface area contributed by atoms with Gasteiger partial charge in [-0.05, 0) is 48.7 Å². The predicted molar refractivity (Wildman–Crippen MR) is 88.3 cm³/mol. The van der Waals surface area contributed by atoms with Crippen LogP contribution < -0.4 is 10.5 Å². The Morgan fingerprint density at radius 1 is 1.21 bits per heavy atom. The number of rotatable bonds is 4. The number of halogens is 1. The molecule has 0 atom stereocenters. The molecular formula is C14H12BrNOS2. The standard InChI is InChI=1S/C14H12BrNOS2/c1-19-11-5-3-10(4-6-11)17-13-8-9(15)2-7-12(13)14(16)18/h2-8H,1H3,(H2,16,18). The minimum atomic E-state index is 0.322. The zero-order valence-corrected chi connectivity index (χ0v) is 13.4. The fourth-order valence-corrected chi connectivity index (χ4v) is 2.47. The number of thioether (sulfide) groups is 1. The highest BCUT2D eigenvalue weighted by Crippen LogP contribution is 2.29. The second kappa shape index (κ2) is 6.41.